The first-order chi connectivity index (χ1) is 10.2. The van der Waals surface area contributed by atoms with Crippen LogP contribution in [0.1, 0.15) is 20.9 Å². The summed E-state index contributed by atoms with van der Waals surface area (Å²) in [6.07, 6.45) is 6.43. The fourth-order valence-electron chi connectivity index (χ4n) is 1.94. The fraction of sp³-hybridized carbons (Fsp3) is 0.133. The van der Waals surface area contributed by atoms with Crippen LogP contribution >= 0.6 is 11.3 Å². The molecule has 0 aliphatic heterocycles. The van der Waals surface area contributed by atoms with Gasteiger partial charge in [0.25, 0.3) is 5.91 Å². The molecule has 0 radical (unpaired) electrons. The van der Waals surface area contributed by atoms with Crippen LogP contribution in [-0.4, -0.2) is 15.9 Å². The zero-order valence-corrected chi connectivity index (χ0v) is 12.2. The number of amides is 1. The monoisotopic (exact) mass is 299 g/mol. The minimum atomic E-state index is -0.100. The van der Waals surface area contributed by atoms with E-state index in [2.05, 4.69) is 15.3 Å². The Balaban J connectivity index is 1.75. The molecule has 1 amide bonds. The molecule has 3 heterocycles. The third kappa shape index (κ3) is 3.00. The van der Waals surface area contributed by atoms with Gasteiger partial charge in [-0.05, 0) is 30.0 Å². The molecule has 0 aliphatic carbocycles. The number of nitrogens with one attached hydrogen (secondary N) is 1. The number of hydrogen-bond acceptors (Lipinski definition) is 5. The molecule has 5 nitrogen and oxygen atoms in total. The van der Waals surface area contributed by atoms with Gasteiger partial charge < -0.3 is 9.73 Å². The molecule has 1 N–H and O–H groups in total. The van der Waals surface area contributed by atoms with Gasteiger partial charge in [0.2, 0.25) is 0 Å². The topological polar surface area (TPSA) is 68.0 Å². The van der Waals surface area contributed by atoms with Crippen LogP contribution in [0.5, 0.6) is 0 Å². The maximum absolute atomic E-state index is 12.1. The highest BCUT2D eigenvalue weighted by Gasteiger charge is 2.12. The molecule has 0 atom stereocenters. The quantitative estimate of drug-likeness (QED) is 0.804. The largest absolute Gasteiger partial charge is 0.472 e. The van der Waals surface area contributed by atoms with Gasteiger partial charge in [0, 0.05) is 18.0 Å². The molecule has 0 aromatic carbocycles. The number of carbonyl (C=O) groups is 1. The third-order valence-corrected chi connectivity index (χ3v) is 3.99. The number of aryl methyl sites for hydroxylation is 1. The zero-order valence-electron chi connectivity index (χ0n) is 11.4. The second kappa shape index (κ2) is 5.88. The molecule has 6 heteroatoms. The molecule has 0 unspecified atom stereocenters. The molecule has 3 rings (SSSR count). The van der Waals surface area contributed by atoms with Crippen LogP contribution in [0.4, 0.5) is 0 Å². The summed E-state index contributed by atoms with van der Waals surface area (Å²) in [6.45, 7) is 2.29. The summed E-state index contributed by atoms with van der Waals surface area (Å²) in [5.41, 5.74) is 3.36. The van der Waals surface area contributed by atoms with Crippen LogP contribution in [0, 0.1) is 6.92 Å². The van der Waals surface area contributed by atoms with Crippen LogP contribution in [0.3, 0.4) is 0 Å². The van der Waals surface area contributed by atoms with Crippen LogP contribution in [-0.2, 0) is 6.54 Å². The van der Waals surface area contributed by atoms with E-state index in [4.69, 9.17) is 4.42 Å². The van der Waals surface area contributed by atoms with Crippen LogP contribution in [0.2, 0.25) is 0 Å². The van der Waals surface area contributed by atoms with Gasteiger partial charge in [-0.2, -0.15) is 0 Å². The minimum Gasteiger partial charge on any atom is -0.472 e. The smallest absolute Gasteiger partial charge is 0.261 e. The van der Waals surface area contributed by atoms with Gasteiger partial charge in [-0.1, -0.05) is 0 Å². The first-order valence-corrected chi connectivity index (χ1v) is 7.28. The number of aromatic nitrogens is 2. The first kappa shape index (κ1) is 13.5. The lowest BCUT2D eigenvalue weighted by Crippen LogP contribution is -2.23. The SMILES string of the molecule is Cc1csc(C(=O)NCc2nccnc2-c2ccoc2)c1. The van der Waals surface area contributed by atoms with E-state index in [1.807, 2.05) is 24.4 Å². The van der Waals surface area contributed by atoms with Crippen LogP contribution < -0.4 is 5.32 Å². The van der Waals surface area contributed by atoms with Gasteiger partial charge in [-0.25, -0.2) is 0 Å². The normalized spacial score (nSPS) is 10.5. The van der Waals surface area contributed by atoms with E-state index in [9.17, 15) is 4.79 Å². The second-order valence-electron chi connectivity index (χ2n) is 4.53. The van der Waals surface area contributed by atoms with Gasteiger partial charge in [-0.15, -0.1) is 11.3 Å². The molecule has 0 bridgehead atoms. The van der Waals surface area contributed by atoms with Crippen molar-refractivity contribution in [2.45, 2.75) is 13.5 Å². The molecule has 3 aromatic rings. The fourth-order valence-corrected chi connectivity index (χ4v) is 2.75. The summed E-state index contributed by atoms with van der Waals surface area (Å²) in [4.78, 5) is 21.4. The second-order valence-corrected chi connectivity index (χ2v) is 5.45. The Hall–Kier alpha value is -2.47. The van der Waals surface area contributed by atoms with E-state index in [1.165, 1.54) is 11.3 Å². The van der Waals surface area contributed by atoms with Crippen molar-refractivity contribution in [3.63, 3.8) is 0 Å². The summed E-state index contributed by atoms with van der Waals surface area (Å²) < 4.78 is 5.07. The Morgan fingerprint density at radius 3 is 2.95 bits per heavy atom. The highest BCUT2D eigenvalue weighted by molar-refractivity contribution is 7.12. The summed E-state index contributed by atoms with van der Waals surface area (Å²) in [5.74, 6) is -0.100. The highest BCUT2D eigenvalue weighted by Crippen LogP contribution is 2.20. The number of nitrogens with zero attached hydrogens (tertiary/aromatic N) is 2. The Labute approximate surface area is 125 Å². The highest BCUT2D eigenvalue weighted by atomic mass is 32.1. The van der Waals surface area contributed by atoms with Crippen molar-refractivity contribution in [2.75, 3.05) is 0 Å². The predicted octanol–water partition coefficient (Wildman–Crippen LogP) is 3.04. The summed E-state index contributed by atoms with van der Waals surface area (Å²) >= 11 is 1.43. The third-order valence-electron chi connectivity index (χ3n) is 2.94. The maximum atomic E-state index is 12.1. The predicted molar refractivity (Wildman–Crippen MR) is 80.0 cm³/mol. The average Bonchev–Trinajstić information content (AvgIpc) is 3.16. The lowest BCUT2D eigenvalue weighted by atomic mass is 10.2. The van der Waals surface area contributed by atoms with Crippen molar-refractivity contribution in [2.24, 2.45) is 0 Å². The van der Waals surface area contributed by atoms with Gasteiger partial charge in [0.1, 0.15) is 0 Å². The average molecular weight is 299 g/mol. The van der Waals surface area contributed by atoms with Crippen molar-refractivity contribution in [1.29, 1.82) is 0 Å². The lowest BCUT2D eigenvalue weighted by molar-refractivity contribution is 0.0954. The van der Waals surface area contributed by atoms with E-state index in [1.54, 1.807) is 24.9 Å². The van der Waals surface area contributed by atoms with Crippen molar-refractivity contribution in [3.05, 3.63) is 58.6 Å². The van der Waals surface area contributed by atoms with Gasteiger partial charge in [0.05, 0.1) is 35.3 Å². The summed E-state index contributed by atoms with van der Waals surface area (Å²) in [5, 5.41) is 4.82. The number of hydrogen-bond donors (Lipinski definition) is 1. The van der Waals surface area contributed by atoms with Gasteiger partial charge in [-0.3, -0.25) is 14.8 Å². The van der Waals surface area contributed by atoms with Gasteiger partial charge >= 0.3 is 0 Å². The maximum Gasteiger partial charge on any atom is 0.261 e. The van der Waals surface area contributed by atoms with Crippen LogP contribution in [0.15, 0.2) is 46.8 Å². The molecular weight excluding hydrogens is 286 g/mol. The van der Waals surface area contributed by atoms with E-state index >= 15 is 0 Å². The number of thiophene rings is 1. The molecule has 106 valence electrons. The van der Waals surface area contributed by atoms with E-state index in [0.717, 1.165) is 11.1 Å². The van der Waals surface area contributed by atoms with Crippen molar-refractivity contribution < 1.29 is 9.21 Å². The lowest BCUT2D eigenvalue weighted by Gasteiger charge is -2.06. The Morgan fingerprint density at radius 2 is 2.24 bits per heavy atom. The van der Waals surface area contributed by atoms with Crippen LogP contribution in [0.25, 0.3) is 11.3 Å². The van der Waals surface area contributed by atoms with Crippen molar-refractivity contribution in [1.82, 2.24) is 15.3 Å². The molecule has 0 spiro atoms. The number of carbonyl (C=O) groups excluding carboxylic acids is 1. The Bertz CT molecular complexity index is 750. The summed E-state index contributed by atoms with van der Waals surface area (Å²) in [6, 6.07) is 3.69. The standard InChI is InChI=1S/C15H13N3O2S/c1-10-6-13(21-9-10)15(19)18-7-12-14(17-4-3-16-12)11-2-5-20-8-11/h2-6,8-9H,7H2,1H3,(H,18,19). The number of rotatable bonds is 4. The molecule has 3 aromatic heterocycles. The molecule has 0 saturated carbocycles. The van der Waals surface area contributed by atoms with E-state index in [-0.39, 0.29) is 5.91 Å². The molecular formula is C15H13N3O2S. The Kier molecular flexibility index (Phi) is 3.79. The van der Waals surface area contributed by atoms with E-state index in [0.29, 0.717) is 22.8 Å². The molecule has 21 heavy (non-hydrogen) atoms. The molecule has 0 saturated heterocycles. The molecule has 0 aliphatic rings. The number of furan rings is 1. The Morgan fingerprint density at radius 1 is 1.38 bits per heavy atom. The first-order valence-electron chi connectivity index (χ1n) is 6.40. The van der Waals surface area contributed by atoms with Gasteiger partial charge in [0.15, 0.2) is 0 Å². The molecule has 0 fully saturated rings. The van der Waals surface area contributed by atoms with E-state index < -0.39 is 0 Å². The zero-order chi connectivity index (χ0) is 14.7. The van der Waals surface area contributed by atoms with Crippen molar-refractivity contribution in [3.8, 4) is 11.3 Å². The minimum absolute atomic E-state index is 0.100. The summed E-state index contributed by atoms with van der Waals surface area (Å²) in [7, 11) is 0. The van der Waals surface area contributed by atoms with Crippen molar-refractivity contribution >= 4 is 17.2 Å².